The molecule has 11 aromatic rings. The molecule has 1 heteroatoms. The van der Waals surface area contributed by atoms with Crippen molar-refractivity contribution >= 4 is 56.8 Å². The lowest BCUT2D eigenvalue weighted by Crippen LogP contribution is -2.26. The highest BCUT2D eigenvalue weighted by molar-refractivity contribution is 6.25. The van der Waals surface area contributed by atoms with Gasteiger partial charge in [-0.15, -0.1) is 0 Å². The summed E-state index contributed by atoms with van der Waals surface area (Å²) in [5, 5.41) is 5.34. The largest absolute Gasteiger partial charge is 0.310 e. The number of allylic oxidation sites excluding steroid dienone is 1. The van der Waals surface area contributed by atoms with Crippen molar-refractivity contribution in [1.29, 1.82) is 0 Å². The van der Waals surface area contributed by atoms with Gasteiger partial charge in [-0.2, -0.15) is 0 Å². The average molecular weight is 932 g/mol. The van der Waals surface area contributed by atoms with Crippen LogP contribution in [0.2, 0.25) is 0 Å². The Balaban J connectivity index is 0.870. The maximum Gasteiger partial charge on any atom is 0.0465 e. The van der Waals surface area contributed by atoms with E-state index in [1.165, 1.54) is 116 Å². The van der Waals surface area contributed by atoms with Gasteiger partial charge in [0.15, 0.2) is 0 Å². The lowest BCUT2D eigenvalue weighted by molar-refractivity contribution is 0.563. The zero-order valence-corrected chi connectivity index (χ0v) is 41.0. The number of hydrogen-bond acceptors (Lipinski definition) is 1. The highest BCUT2D eigenvalue weighted by Crippen LogP contribution is 2.57. The lowest BCUT2D eigenvalue weighted by atomic mass is 9.75. The molecule has 0 saturated carbocycles. The van der Waals surface area contributed by atoms with Gasteiger partial charge in [0.25, 0.3) is 0 Å². The molecule has 1 spiro atoms. The summed E-state index contributed by atoms with van der Waals surface area (Å²) < 4.78 is 0. The number of fused-ring (bicyclic) bond motifs is 12. The molecular weight excluding hydrogens is 879 g/mol. The van der Waals surface area contributed by atoms with E-state index in [0.717, 1.165) is 30.6 Å². The summed E-state index contributed by atoms with van der Waals surface area (Å²) in [7, 11) is 0. The molecule has 1 nitrogen and oxygen atoms in total. The van der Waals surface area contributed by atoms with Crippen molar-refractivity contribution < 1.29 is 0 Å². The first-order valence-electron chi connectivity index (χ1n) is 26.0. The Morgan fingerprint density at radius 1 is 0.425 bits per heavy atom. The van der Waals surface area contributed by atoms with Crippen molar-refractivity contribution in [3.8, 4) is 44.5 Å². The van der Waals surface area contributed by atoms with Gasteiger partial charge in [-0.3, -0.25) is 0 Å². The molecule has 1 unspecified atom stereocenters. The number of rotatable bonds is 8. The molecule has 0 bridgehead atoms. The zero-order valence-electron chi connectivity index (χ0n) is 41.0. The number of nitrogens with zero attached hydrogens (tertiary/aromatic N) is 1. The Morgan fingerprint density at radius 2 is 0.959 bits per heavy atom. The van der Waals surface area contributed by atoms with Crippen LogP contribution in [-0.2, 0) is 18.3 Å². The quantitative estimate of drug-likeness (QED) is 0.108. The topological polar surface area (TPSA) is 3.24 Å². The predicted molar refractivity (Wildman–Crippen MR) is 310 cm³/mol. The molecule has 14 rings (SSSR count). The van der Waals surface area contributed by atoms with Gasteiger partial charge in [-0.05, 0) is 178 Å². The SMILES string of the molecule is CC1CC=Cc2c1c1ccccc1c1c(-c3ccccc3)c(-c3ccc(C=Cc4ccc5c(c4)C4(Cc6ccccc6C4)c4cc(N(c6ccccc6)c6ccccc6)ccc4-5)cc3)cc(-c3ccccc3)c21. The zero-order chi connectivity index (χ0) is 48.5. The molecule has 0 radical (unpaired) electrons. The number of benzene rings is 11. The van der Waals surface area contributed by atoms with Crippen LogP contribution >= 0.6 is 0 Å². The smallest absolute Gasteiger partial charge is 0.0465 e. The minimum Gasteiger partial charge on any atom is -0.310 e. The molecule has 1 atom stereocenters. The second kappa shape index (κ2) is 17.5. The average Bonchev–Trinajstić information content (AvgIpc) is 3.98. The first kappa shape index (κ1) is 43.0. The van der Waals surface area contributed by atoms with Crippen LogP contribution in [0.5, 0.6) is 0 Å². The van der Waals surface area contributed by atoms with Crippen LogP contribution in [-0.4, -0.2) is 0 Å². The van der Waals surface area contributed by atoms with Crippen molar-refractivity contribution in [2.24, 2.45) is 0 Å². The summed E-state index contributed by atoms with van der Waals surface area (Å²) in [6.45, 7) is 2.39. The highest BCUT2D eigenvalue weighted by Gasteiger charge is 2.47. The molecule has 11 aromatic carbocycles. The monoisotopic (exact) mass is 931 g/mol. The lowest BCUT2D eigenvalue weighted by Gasteiger charge is -2.30. The summed E-state index contributed by atoms with van der Waals surface area (Å²) in [6.07, 6.45) is 12.4. The summed E-state index contributed by atoms with van der Waals surface area (Å²) in [4.78, 5) is 2.40. The van der Waals surface area contributed by atoms with E-state index in [0.29, 0.717) is 5.92 Å². The Hall–Kier alpha value is -8.78. The van der Waals surface area contributed by atoms with Crippen molar-refractivity contribution in [2.75, 3.05) is 4.90 Å². The fourth-order valence-electron chi connectivity index (χ4n) is 12.9. The summed E-state index contributed by atoms with van der Waals surface area (Å²) >= 11 is 0. The minimum atomic E-state index is -0.164. The van der Waals surface area contributed by atoms with Crippen LogP contribution in [0, 0.1) is 0 Å². The molecule has 0 aromatic heterocycles. The maximum absolute atomic E-state index is 2.49. The van der Waals surface area contributed by atoms with Crippen LogP contribution in [0.4, 0.5) is 17.1 Å². The molecule has 0 amide bonds. The second-order valence-corrected chi connectivity index (χ2v) is 20.4. The van der Waals surface area contributed by atoms with Gasteiger partial charge in [0, 0.05) is 22.5 Å². The van der Waals surface area contributed by atoms with Gasteiger partial charge in [0.2, 0.25) is 0 Å². The summed E-state index contributed by atoms with van der Waals surface area (Å²) in [6, 6.07) is 88.0. The highest BCUT2D eigenvalue weighted by atomic mass is 15.1. The molecule has 0 aliphatic heterocycles. The molecule has 0 fully saturated rings. The van der Waals surface area contributed by atoms with Crippen LogP contribution < -0.4 is 4.90 Å². The Morgan fingerprint density at radius 3 is 1.63 bits per heavy atom. The van der Waals surface area contributed by atoms with Crippen molar-refractivity contribution in [3.63, 3.8) is 0 Å². The van der Waals surface area contributed by atoms with Crippen LogP contribution in [0.3, 0.4) is 0 Å². The fourth-order valence-corrected chi connectivity index (χ4v) is 12.9. The van der Waals surface area contributed by atoms with Crippen LogP contribution in [0.1, 0.15) is 63.8 Å². The number of para-hydroxylation sites is 2. The third kappa shape index (κ3) is 7.14. The van der Waals surface area contributed by atoms with E-state index in [2.05, 4.69) is 273 Å². The predicted octanol–water partition coefficient (Wildman–Crippen LogP) is 19.2. The van der Waals surface area contributed by atoms with Crippen molar-refractivity contribution in [3.05, 3.63) is 287 Å². The van der Waals surface area contributed by atoms with Gasteiger partial charge < -0.3 is 4.90 Å². The maximum atomic E-state index is 2.49. The van der Waals surface area contributed by atoms with E-state index in [1.54, 1.807) is 0 Å². The third-order valence-corrected chi connectivity index (χ3v) is 16.2. The number of anilines is 3. The molecule has 0 saturated heterocycles. The van der Waals surface area contributed by atoms with Gasteiger partial charge in [-0.25, -0.2) is 0 Å². The summed E-state index contributed by atoms with van der Waals surface area (Å²) in [5.41, 5.74) is 24.4. The Labute approximate surface area is 428 Å². The first-order chi connectivity index (χ1) is 36.1. The molecule has 73 heavy (non-hydrogen) atoms. The van der Waals surface area contributed by atoms with E-state index in [-0.39, 0.29) is 5.41 Å². The molecule has 0 heterocycles. The molecule has 3 aliphatic rings. The van der Waals surface area contributed by atoms with Gasteiger partial charge in [0.05, 0.1) is 0 Å². The van der Waals surface area contributed by atoms with Crippen LogP contribution in [0.25, 0.3) is 84.3 Å². The van der Waals surface area contributed by atoms with E-state index in [1.807, 2.05) is 0 Å². The Bertz CT molecular complexity index is 3910. The van der Waals surface area contributed by atoms with Gasteiger partial charge in [0.1, 0.15) is 0 Å². The van der Waals surface area contributed by atoms with Gasteiger partial charge >= 0.3 is 0 Å². The van der Waals surface area contributed by atoms with E-state index in [4.69, 9.17) is 0 Å². The molecule has 346 valence electrons. The first-order valence-corrected chi connectivity index (χ1v) is 26.0. The van der Waals surface area contributed by atoms with Crippen LogP contribution in [0.15, 0.2) is 243 Å². The van der Waals surface area contributed by atoms with Crippen molar-refractivity contribution in [1.82, 2.24) is 0 Å². The van der Waals surface area contributed by atoms with Gasteiger partial charge in [-0.1, -0.05) is 225 Å². The molecule has 0 N–H and O–H groups in total. The van der Waals surface area contributed by atoms with E-state index < -0.39 is 0 Å². The second-order valence-electron chi connectivity index (χ2n) is 20.4. The minimum absolute atomic E-state index is 0.164. The molecule has 3 aliphatic carbocycles. The standard InChI is InChI=1S/C72H53N/c1-48-19-18-32-63-68(48)61-30-16-17-31-62(61)71-69(53-22-8-3-9-23-53)64(45-65(70(63)71)51-20-6-2-7-21-51)52-38-35-49(36-39-52)33-34-50-37-41-59-60-42-40-58(73(56-26-10-4-11-27-56)57-28-12-5-13-29-57)44-67(60)72(66(59)43-50)46-54-24-14-15-25-55(54)47-72/h2-18,20-45,48H,19,46-47H2,1H3. The third-order valence-electron chi connectivity index (χ3n) is 16.2. The fraction of sp³-hybridized carbons (Fsp3) is 0.0833. The Kier molecular flexibility index (Phi) is 10.3. The van der Waals surface area contributed by atoms with Crippen molar-refractivity contribution in [2.45, 2.75) is 37.5 Å². The number of hydrogen-bond donors (Lipinski definition) is 0. The molecular formula is C72H53N. The summed E-state index contributed by atoms with van der Waals surface area (Å²) in [5.74, 6) is 0.428. The van der Waals surface area contributed by atoms with E-state index >= 15 is 0 Å². The normalized spacial score (nSPS) is 14.9. The van der Waals surface area contributed by atoms with E-state index in [9.17, 15) is 0 Å².